The van der Waals surface area contributed by atoms with Gasteiger partial charge in [-0.15, -0.1) is 0 Å². The van der Waals surface area contributed by atoms with Crippen molar-refractivity contribution < 1.29 is 42.6 Å². The molecule has 2 aliphatic heterocycles. The summed E-state index contributed by atoms with van der Waals surface area (Å²) in [6.45, 7) is 19.3. The van der Waals surface area contributed by atoms with Crippen molar-refractivity contribution in [2.75, 3.05) is 42.7 Å². The fourth-order valence-corrected chi connectivity index (χ4v) is 8.17. The van der Waals surface area contributed by atoms with Crippen molar-refractivity contribution in [1.82, 2.24) is 5.32 Å². The van der Waals surface area contributed by atoms with Gasteiger partial charge in [0.2, 0.25) is 0 Å². The van der Waals surface area contributed by atoms with Crippen LogP contribution in [0.15, 0.2) is 12.2 Å². The lowest BCUT2D eigenvalue weighted by Crippen LogP contribution is -2.66. The summed E-state index contributed by atoms with van der Waals surface area (Å²) in [7, 11) is 10.4. The van der Waals surface area contributed by atoms with E-state index < -0.39 is 24.0 Å². The number of unbranched alkanes of at least 4 members (excludes halogenated alkanes) is 1. The van der Waals surface area contributed by atoms with E-state index in [1.807, 2.05) is 6.92 Å². The van der Waals surface area contributed by atoms with Crippen molar-refractivity contribution in [1.29, 1.82) is 0 Å². The average Bonchev–Trinajstić information content (AvgIpc) is 3.28. The van der Waals surface area contributed by atoms with Gasteiger partial charge in [-0.1, -0.05) is 59.1 Å². The molecule has 0 aromatic carbocycles. The van der Waals surface area contributed by atoms with Crippen LogP contribution in [-0.4, -0.2) is 116 Å². The largest absolute Gasteiger partial charge is 0.381 e. The lowest BCUT2D eigenvalue weighted by Gasteiger charge is -2.50. The molecule has 1 aliphatic carbocycles. The van der Waals surface area contributed by atoms with Crippen molar-refractivity contribution in [2.24, 2.45) is 17.8 Å². The molecule has 3 fully saturated rings. The third kappa shape index (κ3) is 8.37. The number of hydrogen-bond donors (Lipinski definition) is 1. The summed E-state index contributed by atoms with van der Waals surface area (Å²) in [6.07, 6.45) is 3.80. The Hall–Kier alpha value is -0.660. The van der Waals surface area contributed by atoms with E-state index in [9.17, 15) is 0 Å². The van der Waals surface area contributed by atoms with Crippen LogP contribution in [0.2, 0.25) is 0 Å². The zero-order valence-electron chi connectivity index (χ0n) is 30.6. The van der Waals surface area contributed by atoms with E-state index in [2.05, 4.69) is 46.5 Å². The monoisotopic (exact) mass is 656 g/mol. The number of hydrogen-bond acceptors (Lipinski definition) is 10. The van der Waals surface area contributed by atoms with Gasteiger partial charge in [-0.2, -0.15) is 0 Å². The molecule has 46 heavy (non-hydrogen) atoms. The Balaban J connectivity index is 1.90. The van der Waals surface area contributed by atoms with Crippen molar-refractivity contribution in [2.45, 2.75) is 153 Å². The summed E-state index contributed by atoms with van der Waals surface area (Å²) < 4.78 is 56.8. The predicted octanol–water partition coefficient (Wildman–Crippen LogP) is 5.32. The molecule has 270 valence electrons. The first-order valence-electron chi connectivity index (χ1n) is 17.4. The highest BCUT2D eigenvalue weighted by atomic mass is 16.7. The van der Waals surface area contributed by atoms with Crippen LogP contribution in [0.5, 0.6) is 0 Å². The number of ether oxygens (including phenoxy) is 9. The molecule has 0 bridgehead atoms. The van der Waals surface area contributed by atoms with Crippen LogP contribution in [0, 0.1) is 24.7 Å². The molecular formula is C36H66NO9-. The van der Waals surface area contributed by atoms with Crippen molar-refractivity contribution in [3.8, 4) is 0 Å². The zero-order valence-corrected chi connectivity index (χ0v) is 30.6. The quantitative estimate of drug-likeness (QED) is 0.154. The highest BCUT2D eigenvalue weighted by Gasteiger charge is 2.57. The van der Waals surface area contributed by atoms with Crippen molar-refractivity contribution >= 4 is 0 Å². The Morgan fingerprint density at radius 1 is 0.761 bits per heavy atom. The summed E-state index contributed by atoms with van der Waals surface area (Å²) in [5, 5.41) is 3.76. The fraction of sp³-hybridized carbons (Fsp3) is 0.917. The number of rotatable bonds is 18. The van der Waals surface area contributed by atoms with E-state index in [1.54, 1.807) is 42.7 Å². The van der Waals surface area contributed by atoms with E-state index in [1.165, 1.54) is 5.57 Å². The van der Waals surface area contributed by atoms with Gasteiger partial charge in [-0.3, -0.25) is 5.32 Å². The summed E-state index contributed by atoms with van der Waals surface area (Å²) in [4.78, 5) is 0. The highest BCUT2D eigenvalue weighted by Crippen LogP contribution is 2.43. The summed E-state index contributed by atoms with van der Waals surface area (Å²) in [5.74, 6) is 0.0666. The minimum absolute atomic E-state index is 0.0173. The molecule has 2 saturated heterocycles. The van der Waals surface area contributed by atoms with Gasteiger partial charge in [-0.25, -0.2) is 0 Å². The Morgan fingerprint density at radius 2 is 1.39 bits per heavy atom. The van der Waals surface area contributed by atoms with E-state index in [-0.39, 0.29) is 66.7 Å². The number of methoxy groups -OCH3 is 6. The molecule has 1 saturated carbocycles. The van der Waals surface area contributed by atoms with Gasteiger partial charge in [0.25, 0.3) is 0 Å². The third-order valence-electron chi connectivity index (χ3n) is 11.1. The van der Waals surface area contributed by atoms with Gasteiger partial charge < -0.3 is 49.6 Å². The molecule has 0 aromatic rings. The van der Waals surface area contributed by atoms with E-state index in [4.69, 9.17) is 42.6 Å². The third-order valence-corrected chi connectivity index (χ3v) is 11.1. The van der Waals surface area contributed by atoms with Crippen LogP contribution < -0.4 is 5.32 Å². The Morgan fingerprint density at radius 3 is 1.93 bits per heavy atom. The van der Waals surface area contributed by atoms with E-state index >= 15 is 0 Å². The SMILES string of the molecule is C=C(CCC)CCC1C(OC)C(C)C(OC2OC([CH2-])C(C)(OC)C2NC2OC(CCCC)C(OC)C(OC)C2C)C(OC)C1OC. The molecule has 1 N–H and O–H groups in total. The minimum Gasteiger partial charge on any atom is -0.381 e. The smallest absolute Gasteiger partial charge is 0.173 e. The lowest BCUT2D eigenvalue weighted by molar-refractivity contribution is -0.265. The second-order valence-corrected chi connectivity index (χ2v) is 13.8. The van der Waals surface area contributed by atoms with Gasteiger partial charge in [0.05, 0.1) is 42.2 Å². The van der Waals surface area contributed by atoms with Crippen LogP contribution in [0.25, 0.3) is 0 Å². The molecular weight excluding hydrogens is 590 g/mol. The zero-order chi connectivity index (χ0) is 34.2. The highest BCUT2D eigenvalue weighted by molar-refractivity contribution is 5.08. The lowest BCUT2D eigenvalue weighted by atomic mass is 9.71. The van der Waals surface area contributed by atoms with E-state index in [0.29, 0.717) is 0 Å². The molecule has 0 radical (unpaired) electrons. The fourth-order valence-electron chi connectivity index (χ4n) is 8.17. The summed E-state index contributed by atoms with van der Waals surface area (Å²) in [5.41, 5.74) is 0.446. The van der Waals surface area contributed by atoms with Gasteiger partial charge in [0.15, 0.2) is 6.29 Å². The van der Waals surface area contributed by atoms with Crippen LogP contribution in [-0.2, 0) is 42.6 Å². The molecule has 3 rings (SSSR count). The van der Waals surface area contributed by atoms with Crippen LogP contribution in [0.4, 0.5) is 0 Å². The second kappa shape index (κ2) is 18.4. The second-order valence-electron chi connectivity index (χ2n) is 13.8. The Labute approximate surface area is 279 Å². The molecule has 2 heterocycles. The maximum Gasteiger partial charge on any atom is 0.173 e. The summed E-state index contributed by atoms with van der Waals surface area (Å²) in [6, 6.07) is -0.419. The van der Waals surface area contributed by atoms with Crippen LogP contribution in [0.1, 0.15) is 79.6 Å². The maximum absolute atomic E-state index is 6.97. The molecule has 0 aromatic heterocycles. The Kier molecular flexibility index (Phi) is 15.9. The number of nitrogens with one attached hydrogen (secondary N) is 1. The molecule has 10 nitrogen and oxygen atoms in total. The maximum atomic E-state index is 6.97. The van der Waals surface area contributed by atoms with Crippen LogP contribution in [0.3, 0.4) is 0 Å². The minimum atomic E-state index is -0.808. The average molecular weight is 657 g/mol. The van der Waals surface area contributed by atoms with E-state index in [0.717, 1.165) is 44.9 Å². The molecule has 0 amide bonds. The van der Waals surface area contributed by atoms with Crippen molar-refractivity contribution in [3.05, 3.63) is 19.1 Å². The molecule has 0 spiro atoms. The Bertz CT molecular complexity index is 909. The predicted molar refractivity (Wildman–Crippen MR) is 178 cm³/mol. The molecule has 15 atom stereocenters. The van der Waals surface area contributed by atoms with Gasteiger partial charge >= 0.3 is 0 Å². The normalized spacial score (nSPS) is 43.2. The topological polar surface area (TPSA) is 95.1 Å². The first-order valence-corrected chi connectivity index (χ1v) is 17.4. The van der Waals surface area contributed by atoms with Gasteiger partial charge in [0, 0.05) is 60.4 Å². The molecule has 10 heteroatoms. The molecule has 15 unspecified atom stereocenters. The van der Waals surface area contributed by atoms with Crippen LogP contribution >= 0.6 is 0 Å². The first-order chi connectivity index (χ1) is 22.0. The first kappa shape index (κ1) is 39.8. The summed E-state index contributed by atoms with van der Waals surface area (Å²) >= 11 is 0. The van der Waals surface area contributed by atoms with Gasteiger partial charge in [0.1, 0.15) is 18.4 Å². The molecule has 3 aliphatic rings. The van der Waals surface area contributed by atoms with Gasteiger partial charge in [-0.05, 0) is 38.7 Å². The number of allylic oxidation sites excluding steroid dienone is 1. The standard InChI is InChI=1S/C36H66NO9/c1-14-16-18-26-31(41-11)28(39-9)23(5)34(45-26)37-33-35(44-24(6)36(33,7)43-13)46-29-22(4)27(38-8)25(20-19-21(3)17-15-2)30(40-10)32(29)42-12/h22-35,37H,3,6,14-20H2,1-2,4-5,7-13H3/q-1. The van der Waals surface area contributed by atoms with Crippen molar-refractivity contribution in [3.63, 3.8) is 0 Å².